The molecule has 0 aliphatic rings. The summed E-state index contributed by atoms with van der Waals surface area (Å²) in [6, 6.07) is 10.7. The van der Waals surface area contributed by atoms with Crippen LogP contribution in [0.5, 0.6) is 5.75 Å². The molecule has 0 saturated carbocycles. The predicted molar refractivity (Wildman–Crippen MR) is 176 cm³/mol. The topological polar surface area (TPSA) is 69.6 Å². The van der Waals surface area contributed by atoms with Crippen molar-refractivity contribution in [2.75, 3.05) is 0 Å². The number of aryl methyl sites for hydroxylation is 1. The van der Waals surface area contributed by atoms with E-state index in [0.29, 0.717) is 28.8 Å². The summed E-state index contributed by atoms with van der Waals surface area (Å²) < 4.78 is 48.7. The van der Waals surface area contributed by atoms with Gasteiger partial charge in [-0.3, -0.25) is 4.79 Å². The minimum atomic E-state index is -4.77. The molecule has 1 aromatic heterocycles. The van der Waals surface area contributed by atoms with Gasteiger partial charge in [-0.05, 0) is 98.9 Å². The number of hydrogen-bond acceptors (Lipinski definition) is 4. The molecule has 0 saturated heterocycles. The highest BCUT2D eigenvalue weighted by atomic mass is 19.4. The molecule has 46 heavy (non-hydrogen) atoms. The molecule has 0 spiro atoms. The second kappa shape index (κ2) is 14.4. The minimum absolute atomic E-state index is 0.134. The standard InChI is InChI=1S/C37H39F3N2O4/c1-10-11-31(35(44)46-36(7,8)9)25(4)24(3)13-12-23(2)22-42-27(6)26(5)32-20-29(16-19-33(32)42)34(43)41-21-28-14-17-30(18-15-28)45-37(38,39)40/h10-20H,1-4,21-22H2,5-9H3,(H,41,43)/b13-12-,31-11+. The van der Waals surface area contributed by atoms with Crippen LogP contribution in [0.15, 0.2) is 115 Å². The number of nitrogens with zero attached hydrogens (tertiary/aromatic N) is 1. The zero-order chi connectivity index (χ0) is 34.4. The number of allylic oxidation sites excluding steroid dienone is 6. The maximum absolute atomic E-state index is 12.9. The summed E-state index contributed by atoms with van der Waals surface area (Å²) in [5, 5.41) is 3.71. The van der Waals surface area contributed by atoms with E-state index in [2.05, 4.69) is 40.9 Å². The Bertz CT molecular complexity index is 1750. The lowest BCUT2D eigenvalue weighted by atomic mass is 9.99. The molecule has 0 aliphatic carbocycles. The van der Waals surface area contributed by atoms with Crippen LogP contribution in [0.3, 0.4) is 0 Å². The van der Waals surface area contributed by atoms with Gasteiger partial charge >= 0.3 is 12.3 Å². The van der Waals surface area contributed by atoms with Gasteiger partial charge in [-0.2, -0.15) is 0 Å². The van der Waals surface area contributed by atoms with E-state index < -0.39 is 17.9 Å². The first-order valence-electron chi connectivity index (χ1n) is 14.4. The third-order valence-electron chi connectivity index (χ3n) is 7.01. The number of aromatic nitrogens is 1. The van der Waals surface area contributed by atoms with Crippen LogP contribution in [0.1, 0.15) is 48.0 Å². The third kappa shape index (κ3) is 9.47. The maximum Gasteiger partial charge on any atom is 0.573 e. The Morgan fingerprint density at radius 3 is 2.22 bits per heavy atom. The number of alkyl halides is 3. The molecule has 2 aromatic carbocycles. The highest BCUT2D eigenvalue weighted by Gasteiger charge is 2.31. The number of hydrogen-bond donors (Lipinski definition) is 1. The fourth-order valence-corrected chi connectivity index (χ4v) is 4.58. The molecule has 1 N–H and O–H groups in total. The molecule has 0 bridgehead atoms. The first-order chi connectivity index (χ1) is 21.4. The van der Waals surface area contributed by atoms with Crippen molar-refractivity contribution in [3.05, 3.63) is 138 Å². The van der Waals surface area contributed by atoms with Crippen LogP contribution in [-0.4, -0.2) is 28.4 Å². The normalized spacial score (nSPS) is 12.2. The van der Waals surface area contributed by atoms with Gasteiger partial charge < -0.3 is 19.4 Å². The average Bonchev–Trinajstić information content (AvgIpc) is 3.20. The maximum atomic E-state index is 12.9. The molecule has 1 amide bonds. The molecular weight excluding hydrogens is 593 g/mol. The quantitative estimate of drug-likeness (QED) is 0.123. The lowest BCUT2D eigenvalue weighted by Crippen LogP contribution is -2.25. The highest BCUT2D eigenvalue weighted by Crippen LogP contribution is 2.28. The van der Waals surface area contributed by atoms with Gasteiger partial charge in [0, 0.05) is 35.2 Å². The SMILES string of the molecule is C=C/C=C(\C(=C)C(=C)/C=C\C(=C)Cn1c(C)c(C)c2cc(C(=O)NCc3ccc(OC(F)(F)F)cc3)ccc21)C(=O)OC(C)(C)C. The Balaban J connectivity index is 1.70. The van der Waals surface area contributed by atoms with Crippen molar-refractivity contribution < 1.29 is 32.2 Å². The molecule has 0 unspecified atom stereocenters. The van der Waals surface area contributed by atoms with Crippen molar-refractivity contribution in [2.24, 2.45) is 0 Å². The molecule has 1 heterocycles. The van der Waals surface area contributed by atoms with Gasteiger partial charge in [0.25, 0.3) is 5.91 Å². The van der Waals surface area contributed by atoms with E-state index in [0.717, 1.165) is 27.7 Å². The number of carbonyl (C=O) groups is 2. The number of ether oxygens (including phenoxy) is 2. The number of halogens is 3. The summed E-state index contributed by atoms with van der Waals surface area (Å²) in [4.78, 5) is 25.6. The van der Waals surface area contributed by atoms with Gasteiger partial charge in [0.1, 0.15) is 11.4 Å². The molecule has 9 heteroatoms. The summed E-state index contributed by atoms with van der Waals surface area (Å²) >= 11 is 0. The van der Waals surface area contributed by atoms with E-state index in [1.165, 1.54) is 30.3 Å². The molecule has 3 aromatic rings. The average molecular weight is 633 g/mol. The zero-order valence-corrected chi connectivity index (χ0v) is 26.8. The van der Waals surface area contributed by atoms with Crippen LogP contribution in [0.4, 0.5) is 13.2 Å². The fraction of sp³-hybridized carbons (Fsp3) is 0.243. The number of rotatable bonds is 12. The van der Waals surface area contributed by atoms with Gasteiger partial charge in [0.05, 0.1) is 5.57 Å². The summed E-state index contributed by atoms with van der Waals surface area (Å²) in [5.74, 6) is -1.16. The number of benzene rings is 2. The van der Waals surface area contributed by atoms with Gasteiger partial charge in [0.15, 0.2) is 0 Å². The van der Waals surface area contributed by atoms with E-state index in [4.69, 9.17) is 4.74 Å². The van der Waals surface area contributed by atoms with E-state index >= 15 is 0 Å². The molecule has 0 radical (unpaired) electrons. The van der Waals surface area contributed by atoms with E-state index in [9.17, 15) is 22.8 Å². The molecule has 3 rings (SSSR count). The van der Waals surface area contributed by atoms with Gasteiger partial charge in [0.2, 0.25) is 0 Å². The molecule has 0 aliphatic heterocycles. The van der Waals surface area contributed by atoms with Crippen LogP contribution in [0.25, 0.3) is 10.9 Å². The first kappa shape index (κ1) is 35.4. The number of amides is 1. The third-order valence-corrected chi connectivity index (χ3v) is 7.01. The van der Waals surface area contributed by atoms with Crippen molar-refractivity contribution in [3.8, 4) is 5.75 Å². The first-order valence-corrected chi connectivity index (χ1v) is 14.4. The fourth-order valence-electron chi connectivity index (χ4n) is 4.58. The van der Waals surface area contributed by atoms with Gasteiger partial charge in [-0.15, -0.1) is 13.2 Å². The van der Waals surface area contributed by atoms with Gasteiger partial charge in [-0.1, -0.05) is 56.7 Å². The molecule has 6 nitrogen and oxygen atoms in total. The summed E-state index contributed by atoms with van der Waals surface area (Å²) in [6.45, 7) is 25.9. The van der Waals surface area contributed by atoms with Crippen LogP contribution in [-0.2, 0) is 22.6 Å². The Morgan fingerprint density at radius 2 is 1.63 bits per heavy atom. The lowest BCUT2D eigenvalue weighted by molar-refractivity contribution is -0.274. The Hall–Kier alpha value is -5.05. The van der Waals surface area contributed by atoms with Crippen molar-refractivity contribution >= 4 is 22.8 Å². The number of carbonyl (C=O) groups excluding carboxylic acids is 2. The van der Waals surface area contributed by atoms with Crippen LogP contribution in [0.2, 0.25) is 0 Å². The highest BCUT2D eigenvalue weighted by molar-refractivity contribution is 5.99. The van der Waals surface area contributed by atoms with Crippen LogP contribution in [0, 0.1) is 13.8 Å². The van der Waals surface area contributed by atoms with Gasteiger partial charge in [-0.25, -0.2) is 4.79 Å². The monoisotopic (exact) mass is 632 g/mol. The Labute approximate surface area is 267 Å². The summed E-state index contributed by atoms with van der Waals surface area (Å²) in [6.07, 6.45) is 1.84. The van der Waals surface area contributed by atoms with Crippen molar-refractivity contribution in [2.45, 2.75) is 59.7 Å². The Kier molecular flexibility index (Phi) is 11.1. The van der Waals surface area contributed by atoms with Crippen LogP contribution < -0.4 is 10.1 Å². The second-order valence-corrected chi connectivity index (χ2v) is 11.7. The summed E-state index contributed by atoms with van der Waals surface area (Å²) in [5.41, 5.74) is 5.31. The zero-order valence-electron chi connectivity index (χ0n) is 26.8. The predicted octanol–water partition coefficient (Wildman–Crippen LogP) is 8.77. The smallest absolute Gasteiger partial charge is 0.456 e. The molecule has 0 atom stereocenters. The largest absolute Gasteiger partial charge is 0.573 e. The van der Waals surface area contributed by atoms with Crippen LogP contribution >= 0.6 is 0 Å². The number of esters is 1. The lowest BCUT2D eigenvalue weighted by Gasteiger charge is -2.21. The number of fused-ring (bicyclic) bond motifs is 1. The Morgan fingerprint density at radius 1 is 0.978 bits per heavy atom. The van der Waals surface area contributed by atoms with Crippen molar-refractivity contribution in [1.29, 1.82) is 0 Å². The second-order valence-electron chi connectivity index (χ2n) is 11.7. The minimum Gasteiger partial charge on any atom is -0.456 e. The van der Waals surface area contributed by atoms with E-state index in [1.807, 2.05) is 32.1 Å². The number of nitrogens with one attached hydrogen (secondary N) is 1. The molecular formula is C37H39F3N2O4. The van der Waals surface area contributed by atoms with Crippen molar-refractivity contribution in [1.82, 2.24) is 9.88 Å². The molecule has 0 fully saturated rings. The van der Waals surface area contributed by atoms with E-state index in [1.54, 1.807) is 39.0 Å². The summed E-state index contributed by atoms with van der Waals surface area (Å²) in [7, 11) is 0. The van der Waals surface area contributed by atoms with E-state index in [-0.39, 0.29) is 23.8 Å². The molecule has 242 valence electrons. The van der Waals surface area contributed by atoms with Crippen molar-refractivity contribution in [3.63, 3.8) is 0 Å².